The summed E-state index contributed by atoms with van der Waals surface area (Å²) in [5, 5.41) is 15.7. The molecule has 1 aliphatic rings. The van der Waals surface area contributed by atoms with Crippen molar-refractivity contribution >= 4 is 16.7 Å². The van der Waals surface area contributed by atoms with E-state index in [0.29, 0.717) is 50.5 Å². The van der Waals surface area contributed by atoms with Gasteiger partial charge in [-0.05, 0) is 16.8 Å². The number of hydrogen-bond donors (Lipinski definition) is 0. The van der Waals surface area contributed by atoms with Crippen molar-refractivity contribution in [1.29, 1.82) is 5.26 Å². The molecule has 0 aliphatic carbocycles. The lowest BCUT2D eigenvalue weighted by molar-refractivity contribution is 0.0303. The van der Waals surface area contributed by atoms with E-state index in [4.69, 9.17) is 10.00 Å². The fraction of sp³-hybridized carbons (Fsp3) is 0.286. The smallest absolute Gasteiger partial charge is 0.257 e. The Morgan fingerprint density at radius 1 is 1.15 bits per heavy atom. The van der Waals surface area contributed by atoms with Crippen LogP contribution < -0.4 is 0 Å². The van der Waals surface area contributed by atoms with E-state index in [1.807, 2.05) is 24.3 Å². The molecular formula is C21H20N4O2. The molecule has 0 unspecified atom stereocenters. The number of hydrogen-bond acceptors (Lipinski definition) is 4. The Morgan fingerprint density at radius 3 is 2.70 bits per heavy atom. The Morgan fingerprint density at radius 2 is 1.93 bits per heavy atom. The molecule has 1 amide bonds. The Balaban J connectivity index is 1.75. The van der Waals surface area contributed by atoms with Gasteiger partial charge >= 0.3 is 0 Å². The number of rotatable bonds is 4. The van der Waals surface area contributed by atoms with Gasteiger partial charge in [-0.1, -0.05) is 36.4 Å². The second-order valence-corrected chi connectivity index (χ2v) is 6.53. The third-order valence-corrected chi connectivity index (χ3v) is 4.77. The molecule has 3 aromatic rings. The maximum Gasteiger partial charge on any atom is 0.257 e. The van der Waals surface area contributed by atoms with Crippen LogP contribution in [-0.4, -0.2) is 46.9 Å². The van der Waals surface area contributed by atoms with Gasteiger partial charge in [-0.2, -0.15) is 10.4 Å². The van der Waals surface area contributed by atoms with Crippen molar-refractivity contribution in [3.05, 3.63) is 54.2 Å². The molecule has 136 valence electrons. The molecule has 2 aromatic carbocycles. The molecule has 1 saturated heterocycles. The highest BCUT2D eigenvalue weighted by molar-refractivity contribution is 6.00. The standard InChI is InChI=1S/C21H20N4O2/c22-8-3-9-25-15-19(21(26)24-10-12-27-13-11-24)20(23-25)18-7-6-16-4-1-2-5-17(16)14-18/h1-2,4-7,14-15H,3,9-13H2. The Labute approximate surface area is 157 Å². The first-order valence-electron chi connectivity index (χ1n) is 9.07. The van der Waals surface area contributed by atoms with E-state index in [1.54, 1.807) is 15.8 Å². The maximum atomic E-state index is 13.1. The summed E-state index contributed by atoms with van der Waals surface area (Å²) in [5.74, 6) is -0.0373. The molecule has 1 aliphatic heterocycles. The highest BCUT2D eigenvalue weighted by Gasteiger charge is 2.24. The first-order valence-corrected chi connectivity index (χ1v) is 9.07. The van der Waals surface area contributed by atoms with Crippen molar-refractivity contribution in [2.45, 2.75) is 13.0 Å². The van der Waals surface area contributed by atoms with Crippen LogP contribution in [0.2, 0.25) is 0 Å². The van der Waals surface area contributed by atoms with Crippen molar-refractivity contribution < 1.29 is 9.53 Å². The molecule has 1 aromatic heterocycles. The van der Waals surface area contributed by atoms with E-state index in [-0.39, 0.29) is 5.91 Å². The van der Waals surface area contributed by atoms with Crippen LogP contribution in [-0.2, 0) is 11.3 Å². The minimum absolute atomic E-state index is 0.0373. The molecule has 0 spiro atoms. The topological polar surface area (TPSA) is 71.2 Å². The molecule has 0 bridgehead atoms. The van der Waals surface area contributed by atoms with Gasteiger partial charge in [0.1, 0.15) is 5.69 Å². The van der Waals surface area contributed by atoms with Crippen LogP contribution in [0.5, 0.6) is 0 Å². The minimum Gasteiger partial charge on any atom is -0.378 e. The first kappa shape index (κ1) is 17.3. The number of nitriles is 1. The van der Waals surface area contributed by atoms with Crippen LogP contribution in [0.15, 0.2) is 48.7 Å². The number of carbonyl (C=O) groups is 1. The van der Waals surface area contributed by atoms with Crippen LogP contribution in [0.25, 0.3) is 22.0 Å². The minimum atomic E-state index is -0.0373. The van der Waals surface area contributed by atoms with Gasteiger partial charge in [-0.3, -0.25) is 9.48 Å². The third kappa shape index (κ3) is 3.55. The average molecular weight is 360 g/mol. The van der Waals surface area contributed by atoms with Gasteiger partial charge in [0.05, 0.1) is 37.8 Å². The Hall–Kier alpha value is -3.17. The van der Waals surface area contributed by atoms with Crippen LogP contribution in [0.4, 0.5) is 0 Å². The van der Waals surface area contributed by atoms with E-state index in [2.05, 4.69) is 29.4 Å². The van der Waals surface area contributed by atoms with Crippen LogP contribution in [0.3, 0.4) is 0 Å². The molecule has 2 heterocycles. The Bertz CT molecular complexity index is 1010. The van der Waals surface area contributed by atoms with Gasteiger partial charge in [0.15, 0.2) is 0 Å². The SMILES string of the molecule is N#CCCn1cc(C(=O)N2CCOCC2)c(-c2ccc3ccccc3c2)n1. The van der Waals surface area contributed by atoms with E-state index in [1.165, 1.54) is 0 Å². The predicted octanol–water partition coefficient (Wildman–Crippen LogP) is 3.09. The van der Waals surface area contributed by atoms with Crippen molar-refractivity contribution in [3.8, 4) is 17.3 Å². The largest absolute Gasteiger partial charge is 0.378 e. The van der Waals surface area contributed by atoms with Crippen LogP contribution >= 0.6 is 0 Å². The van der Waals surface area contributed by atoms with E-state index >= 15 is 0 Å². The zero-order valence-electron chi connectivity index (χ0n) is 15.0. The average Bonchev–Trinajstić information content (AvgIpc) is 3.16. The van der Waals surface area contributed by atoms with Gasteiger partial charge < -0.3 is 9.64 Å². The number of benzene rings is 2. The van der Waals surface area contributed by atoms with E-state index < -0.39 is 0 Å². The molecular weight excluding hydrogens is 340 g/mol. The lowest BCUT2D eigenvalue weighted by Gasteiger charge is -2.26. The predicted molar refractivity (Wildman–Crippen MR) is 102 cm³/mol. The lowest BCUT2D eigenvalue weighted by atomic mass is 10.0. The summed E-state index contributed by atoms with van der Waals surface area (Å²) >= 11 is 0. The fourth-order valence-corrected chi connectivity index (χ4v) is 3.34. The second kappa shape index (κ2) is 7.60. The van der Waals surface area contributed by atoms with Crippen molar-refractivity contribution in [2.75, 3.05) is 26.3 Å². The highest BCUT2D eigenvalue weighted by atomic mass is 16.5. The summed E-state index contributed by atoms with van der Waals surface area (Å²) in [6.45, 7) is 2.74. The van der Waals surface area contributed by atoms with Gasteiger partial charge in [-0.15, -0.1) is 0 Å². The molecule has 0 saturated carbocycles. The fourth-order valence-electron chi connectivity index (χ4n) is 3.34. The molecule has 0 radical (unpaired) electrons. The zero-order chi connectivity index (χ0) is 18.6. The van der Waals surface area contributed by atoms with Gasteiger partial charge in [0.2, 0.25) is 0 Å². The molecule has 0 N–H and O–H groups in total. The summed E-state index contributed by atoms with van der Waals surface area (Å²) < 4.78 is 7.05. The molecule has 27 heavy (non-hydrogen) atoms. The number of fused-ring (bicyclic) bond motifs is 1. The summed E-state index contributed by atoms with van der Waals surface area (Å²) in [6, 6.07) is 16.3. The Kier molecular flexibility index (Phi) is 4.86. The summed E-state index contributed by atoms with van der Waals surface area (Å²) in [5.41, 5.74) is 2.14. The van der Waals surface area contributed by atoms with E-state index in [0.717, 1.165) is 16.3 Å². The van der Waals surface area contributed by atoms with E-state index in [9.17, 15) is 4.79 Å². The van der Waals surface area contributed by atoms with Crippen LogP contribution in [0.1, 0.15) is 16.8 Å². The molecule has 1 fully saturated rings. The monoisotopic (exact) mass is 360 g/mol. The van der Waals surface area contributed by atoms with Gasteiger partial charge in [-0.25, -0.2) is 0 Å². The van der Waals surface area contributed by atoms with Gasteiger partial charge in [0.25, 0.3) is 5.91 Å². The number of nitrogens with zero attached hydrogens (tertiary/aromatic N) is 4. The third-order valence-electron chi connectivity index (χ3n) is 4.77. The molecule has 6 nitrogen and oxygen atoms in total. The summed E-state index contributed by atoms with van der Waals surface area (Å²) in [6.07, 6.45) is 2.11. The number of carbonyl (C=O) groups excluding carboxylic acids is 1. The molecule has 6 heteroatoms. The van der Waals surface area contributed by atoms with Crippen molar-refractivity contribution in [1.82, 2.24) is 14.7 Å². The molecule has 0 atom stereocenters. The molecule has 4 rings (SSSR count). The van der Waals surface area contributed by atoms with Crippen molar-refractivity contribution in [2.24, 2.45) is 0 Å². The normalized spacial score (nSPS) is 14.3. The number of aromatic nitrogens is 2. The number of amides is 1. The highest BCUT2D eigenvalue weighted by Crippen LogP contribution is 2.27. The second-order valence-electron chi connectivity index (χ2n) is 6.53. The first-order chi connectivity index (χ1) is 13.3. The summed E-state index contributed by atoms with van der Waals surface area (Å²) in [4.78, 5) is 14.9. The van der Waals surface area contributed by atoms with Gasteiger partial charge in [0, 0.05) is 24.8 Å². The number of morpholine rings is 1. The van der Waals surface area contributed by atoms with Crippen molar-refractivity contribution in [3.63, 3.8) is 0 Å². The number of ether oxygens (including phenoxy) is 1. The van der Waals surface area contributed by atoms with Crippen LogP contribution in [0, 0.1) is 11.3 Å². The summed E-state index contributed by atoms with van der Waals surface area (Å²) in [7, 11) is 0. The zero-order valence-corrected chi connectivity index (χ0v) is 15.0. The lowest BCUT2D eigenvalue weighted by Crippen LogP contribution is -2.40. The maximum absolute atomic E-state index is 13.1. The number of aryl methyl sites for hydroxylation is 1. The quantitative estimate of drug-likeness (QED) is 0.717.